The van der Waals surface area contributed by atoms with Gasteiger partial charge in [-0.3, -0.25) is 9.20 Å². The molecule has 3 rings (SSSR count). The summed E-state index contributed by atoms with van der Waals surface area (Å²) in [5, 5.41) is 3.56. The number of carbonyl (C=O) groups is 1. The Hall–Kier alpha value is -2.60. The Bertz CT molecular complexity index is 861. The van der Waals surface area contributed by atoms with Crippen LogP contribution in [0.2, 0.25) is 5.02 Å². The molecule has 0 aliphatic heterocycles. The van der Waals surface area contributed by atoms with Gasteiger partial charge in [0.1, 0.15) is 0 Å². The van der Waals surface area contributed by atoms with Crippen LogP contribution in [0.3, 0.4) is 0 Å². The van der Waals surface area contributed by atoms with E-state index in [0.29, 0.717) is 16.7 Å². The normalized spacial score (nSPS) is 12.1. The number of benzene rings is 1. The largest absolute Gasteiger partial charge is 0.468 e. The maximum absolute atomic E-state index is 12.1. The molecule has 1 aromatic carbocycles. The smallest absolute Gasteiger partial charge is 0.258 e. The van der Waals surface area contributed by atoms with Gasteiger partial charge in [0.05, 0.1) is 6.04 Å². The molecule has 0 radical (unpaired) electrons. The summed E-state index contributed by atoms with van der Waals surface area (Å²) >= 11 is 5.87. The minimum absolute atomic E-state index is 0.0886. The van der Waals surface area contributed by atoms with Crippen LogP contribution in [0.1, 0.15) is 24.2 Å². The molecule has 124 valence electrons. The number of hydrogen-bond acceptors (Lipinski definition) is 4. The first-order chi connectivity index (χ1) is 11.5. The van der Waals surface area contributed by atoms with Crippen molar-refractivity contribution in [2.45, 2.75) is 19.9 Å². The molecule has 1 N–H and O–H groups in total. The lowest BCUT2D eigenvalue weighted by molar-refractivity contribution is -0.123. The van der Waals surface area contributed by atoms with Gasteiger partial charge in [0.25, 0.3) is 5.91 Å². The number of amides is 1. The van der Waals surface area contributed by atoms with E-state index < -0.39 is 0 Å². The van der Waals surface area contributed by atoms with E-state index in [0.717, 1.165) is 11.3 Å². The number of nitrogens with zero attached hydrogens (tertiary/aromatic N) is 3. The number of rotatable bonds is 5. The molecule has 0 saturated heterocycles. The summed E-state index contributed by atoms with van der Waals surface area (Å²) in [6, 6.07) is 9.00. The molecule has 0 bridgehead atoms. The van der Waals surface area contributed by atoms with Crippen molar-refractivity contribution < 1.29 is 9.53 Å². The maximum Gasteiger partial charge on any atom is 0.258 e. The van der Waals surface area contributed by atoms with Gasteiger partial charge in [-0.2, -0.15) is 0 Å². The number of carbonyl (C=O) groups excluding carboxylic acids is 1. The molecule has 0 fully saturated rings. The number of halogens is 1. The fourth-order valence-corrected chi connectivity index (χ4v) is 2.48. The Morgan fingerprint density at radius 2 is 2.12 bits per heavy atom. The van der Waals surface area contributed by atoms with Crippen LogP contribution in [0, 0.1) is 6.92 Å². The molecule has 1 atom stereocenters. The summed E-state index contributed by atoms with van der Waals surface area (Å²) in [4.78, 5) is 20.5. The van der Waals surface area contributed by atoms with Crippen molar-refractivity contribution in [1.82, 2.24) is 19.7 Å². The molecule has 0 spiro atoms. The molecule has 1 amide bonds. The van der Waals surface area contributed by atoms with E-state index in [9.17, 15) is 4.79 Å². The number of ether oxygens (including phenoxy) is 1. The number of hydrogen-bond donors (Lipinski definition) is 1. The third-order valence-corrected chi connectivity index (χ3v) is 3.82. The Balaban J connectivity index is 1.62. The first kappa shape index (κ1) is 16.3. The molecule has 0 aliphatic rings. The van der Waals surface area contributed by atoms with Crippen LogP contribution < -0.4 is 10.1 Å². The fourth-order valence-electron chi connectivity index (χ4n) is 2.36. The minimum Gasteiger partial charge on any atom is -0.468 e. The Kier molecular flexibility index (Phi) is 4.66. The van der Waals surface area contributed by atoms with E-state index >= 15 is 0 Å². The van der Waals surface area contributed by atoms with E-state index in [1.165, 1.54) is 0 Å². The minimum atomic E-state index is -0.208. The lowest BCUT2D eigenvalue weighted by Crippen LogP contribution is -2.31. The van der Waals surface area contributed by atoms with Gasteiger partial charge in [0.2, 0.25) is 11.7 Å². The average molecular weight is 345 g/mol. The van der Waals surface area contributed by atoms with Gasteiger partial charge >= 0.3 is 0 Å². The SMILES string of the molecule is Cc1cc(OCC(=O)NC(C)c2ccc(Cl)cc2)n2ccnc2n1. The molecule has 1 unspecified atom stereocenters. The molecule has 7 heteroatoms. The highest BCUT2D eigenvalue weighted by Gasteiger charge is 2.12. The molecular formula is C17H17ClN4O2. The highest BCUT2D eigenvalue weighted by Crippen LogP contribution is 2.17. The van der Waals surface area contributed by atoms with Crippen molar-refractivity contribution in [3.8, 4) is 5.88 Å². The van der Waals surface area contributed by atoms with Crippen molar-refractivity contribution in [2.24, 2.45) is 0 Å². The summed E-state index contributed by atoms with van der Waals surface area (Å²) in [7, 11) is 0. The summed E-state index contributed by atoms with van der Waals surface area (Å²) in [5.41, 5.74) is 1.75. The first-order valence-electron chi connectivity index (χ1n) is 7.51. The van der Waals surface area contributed by atoms with Crippen LogP contribution in [0.4, 0.5) is 0 Å². The van der Waals surface area contributed by atoms with Crippen molar-refractivity contribution in [1.29, 1.82) is 0 Å². The molecular weight excluding hydrogens is 328 g/mol. The lowest BCUT2D eigenvalue weighted by Gasteiger charge is -2.15. The van der Waals surface area contributed by atoms with E-state index in [1.807, 2.05) is 26.0 Å². The summed E-state index contributed by atoms with van der Waals surface area (Å²) < 4.78 is 7.32. The topological polar surface area (TPSA) is 68.5 Å². The third-order valence-electron chi connectivity index (χ3n) is 3.57. The van der Waals surface area contributed by atoms with Crippen molar-refractivity contribution >= 4 is 23.3 Å². The first-order valence-corrected chi connectivity index (χ1v) is 7.89. The van der Waals surface area contributed by atoms with Crippen molar-refractivity contribution in [2.75, 3.05) is 6.61 Å². The molecule has 6 nitrogen and oxygen atoms in total. The van der Waals surface area contributed by atoms with Gasteiger partial charge in [-0.05, 0) is 31.5 Å². The summed E-state index contributed by atoms with van der Waals surface area (Å²) in [6.45, 7) is 3.67. The van der Waals surface area contributed by atoms with Gasteiger partial charge in [-0.15, -0.1) is 0 Å². The van der Waals surface area contributed by atoms with Crippen LogP contribution in [-0.2, 0) is 4.79 Å². The van der Waals surface area contributed by atoms with Crippen LogP contribution in [0.15, 0.2) is 42.7 Å². The zero-order valence-corrected chi connectivity index (χ0v) is 14.1. The molecule has 2 aromatic heterocycles. The second-order valence-corrected chi connectivity index (χ2v) is 5.90. The predicted octanol–water partition coefficient (Wildman–Crippen LogP) is 2.95. The van der Waals surface area contributed by atoms with E-state index in [2.05, 4.69) is 15.3 Å². The molecule has 24 heavy (non-hydrogen) atoms. The monoisotopic (exact) mass is 344 g/mol. The number of aromatic nitrogens is 3. The molecule has 0 saturated carbocycles. The average Bonchev–Trinajstić information content (AvgIpc) is 3.01. The number of imidazole rings is 1. The second kappa shape index (κ2) is 6.88. The van der Waals surface area contributed by atoms with Gasteiger partial charge in [-0.1, -0.05) is 23.7 Å². The van der Waals surface area contributed by atoms with Crippen LogP contribution in [0.5, 0.6) is 5.88 Å². The van der Waals surface area contributed by atoms with E-state index in [-0.39, 0.29) is 18.6 Å². The lowest BCUT2D eigenvalue weighted by atomic mass is 10.1. The van der Waals surface area contributed by atoms with E-state index in [1.54, 1.807) is 35.0 Å². The number of nitrogens with one attached hydrogen (secondary N) is 1. The van der Waals surface area contributed by atoms with Crippen LogP contribution in [0.25, 0.3) is 5.78 Å². The molecule has 2 heterocycles. The van der Waals surface area contributed by atoms with Crippen molar-refractivity contribution in [3.05, 3.63) is 59.0 Å². The van der Waals surface area contributed by atoms with Gasteiger partial charge < -0.3 is 10.1 Å². The van der Waals surface area contributed by atoms with Gasteiger partial charge in [0, 0.05) is 29.2 Å². The Morgan fingerprint density at radius 3 is 2.88 bits per heavy atom. The van der Waals surface area contributed by atoms with Gasteiger partial charge in [-0.25, -0.2) is 9.97 Å². The number of fused-ring (bicyclic) bond motifs is 1. The highest BCUT2D eigenvalue weighted by atomic mass is 35.5. The fraction of sp³-hybridized carbons (Fsp3) is 0.235. The Labute approximate surface area is 144 Å². The zero-order valence-electron chi connectivity index (χ0n) is 13.4. The molecule has 3 aromatic rings. The van der Waals surface area contributed by atoms with Gasteiger partial charge in [0.15, 0.2) is 6.61 Å². The highest BCUT2D eigenvalue weighted by molar-refractivity contribution is 6.30. The standard InChI is InChI=1S/C17H17ClN4O2/c1-11-9-16(22-8-7-19-17(22)20-11)24-10-15(23)21-12(2)13-3-5-14(18)6-4-13/h3-9,12H,10H2,1-2H3,(H,21,23). The van der Waals surface area contributed by atoms with Crippen molar-refractivity contribution in [3.63, 3.8) is 0 Å². The summed E-state index contributed by atoms with van der Waals surface area (Å²) in [6.07, 6.45) is 3.38. The van der Waals surface area contributed by atoms with Crippen LogP contribution >= 0.6 is 11.6 Å². The Morgan fingerprint density at radius 1 is 1.38 bits per heavy atom. The zero-order chi connectivity index (χ0) is 17.1. The summed E-state index contributed by atoms with van der Waals surface area (Å²) in [5.74, 6) is 0.865. The van der Waals surface area contributed by atoms with Crippen LogP contribution in [-0.4, -0.2) is 26.9 Å². The quantitative estimate of drug-likeness (QED) is 0.772. The second-order valence-electron chi connectivity index (χ2n) is 5.46. The number of aryl methyl sites for hydroxylation is 1. The van der Waals surface area contributed by atoms with E-state index in [4.69, 9.17) is 16.3 Å². The predicted molar refractivity (Wildman–Crippen MR) is 91.2 cm³/mol. The maximum atomic E-state index is 12.1. The molecule has 0 aliphatic carbocycles. The third kappa shape index (κ3) is 3.65.